The number of hydrogen-bond donors (Lipinski definition) is 1. The van der Waals surface area contributed by atoms with Gasteiger partial charge in [0, 0.05) is 16.8 Å². The van der Waals surface area contributed by atoms with Crippen molar-refractivity contribution in [2.24, 2.45) is 0 Å². The predicted molar refractivity (Wildman–Crippen MR) is 112 cm³/mol. The van der Waals surface area contributed by atoms with Gasteiger partial charge in [-0.1, -0.05) is 53.5 Å². The van der Waals surface area contributed by atoms with E-state index in [1.54, 1.807) is 55.5 Å². The average molecular weight is 414 g/mol. The molecule has 142 valence electrons. The molecule has 0 heterocycles. The number of Topliss-reactive ketones (excluding diaryl/α,β-unsaturated/α-hetero) is 1. The van der Waals surface area contributed by atoms with E-state index in [9.17, 15) is 9.59 Å². The van der Waals surface area contributed by atoms with Crippen LogP contribution in [-0.2, 0) is 0 Å². The van der Waals surface area contributed by atoms with Gasteiger partial charge in [0.2, 0.25) is 5.78 Å². The molecule has 0 saturated carbocycles. The van der Waals surface area contributed by atoms with Crippen LogP contribution < -0.4 is 10.1 Å². The van der Waals surface area contributed by atoms with E-state index in [1.807, 2.05) is 18.2 Å². The fourth-order valence-electron chi connectivity index (χ4n) is 2.55. The molecule has 0 spiro atoms. The standard InChI is InChI=1S/C22H17Cl2NO3/c1-14(21(26)15-5-3-2-4-6-15)28-18-10-8-17(9-11-18)25-22(27)16-7-12-19(23)20(24)13-16/h2-14H,1H3,(H,25,27)/t14-/m0/s1. The highest BCUT2D eigenvalue weighted by Gasteiger charge is 2.16. The van der Waals surface area contributed by atoms with Crippen molar-refractivity contribution in [1.82, 2.24) is 0 Å². The lowest BCUT2D eigenvalue weighted by Crippen LogP contribution is -2.23. The van der Waals surface area contributed by atoms with Crippen molar-refractivity contribution in [3.63, 3.8) is 0 Å². The topological polar surface area (TPSA) is 55.4 Å². The van der Waals surface area contributed by atoms with Crippen molar-refractivity contribution in [3.05, 3.63) is 94.0 Å². The summed E-state index contributed by atoms with van der Waals surface area (Å²) < 4.78 is 5.71. The SMILES string of the molecule is C[C@H](Oc1ccc(NC(=O)c2ccc(Cl)c(Cl)c2)cc1)C(=O)c1ccccc1. The maximum absolute atomic E-state index is 12.4. The van der Waals surface area contributed by atoms with Gasteiger partial charge in [0.05, 0.1) is 10.0 Å². The fourth-order valence-corrected chi connectivity index (χ4v) is 2.85. The number of ether oxygens (including phenoxy) is 1. The van der Waals surface area contributed by atoms with Crippen molar-refractivity contribution in [1.29, 1.82) is 0 Å². The molecule has 4 nitrogen and oxygen atoms in total. The first-order valence-corrected chi connectivity index (χ1v) is 9.32. The number of halogens is 2. The van der Waals surface area contributed by atoms with Crippen LogP contribution >= 0.6 is 23.2 Å². The minimum atomic E-state index is -0.626. The molecule has 0 aromatic heterocycles. The number of anilines is 1. The summed E-state index contributed by atoms with van der Waals surface area (Å²) in [5, 5.41) is 3.47. The molecule has 0 fully saturated rings. The summed E-state index contributed by atoms with van der Waals surface area (Å²) >= 11 is 11.8. The average Bonchev–Trinajstić information content (AvgIpc) is 2.71. The van der Waals surface area contributed by atoms with Gasteiger partial charge >= 0.3 is 0 Å². The van der Waals surface area contributed by atoms with Gasteiger partial charge in [-0.3, -0.25) is 9.59 Å². The molecule has 3 aromatic rings. The molecule has 3 rings (SSSR count). The van der Waals surface area contributed by atoms with E-state index in [2.05, 4.69) is 5.32 Å². The molecular weight excluding hydrogens is 397 g/mol. The Bertz CT molecular complexity index is 988. The summed E-state index contributed by atoms with van der Waals surface area (Å²) in [5.74, 6) is 0.127. The molecule has 3 aromatic carbocycles. The van der Waals surface area contributed by atoms with E-state index < -0.39 is 6.10 Å². The van der Waals surface area contributed by atoms with Crippen LogP contribution in [-0.4, -0.2) is 17.8 Å². The normalized spacial score (nSPS) is 11.5. The van der Waals surface area contributed by atoms with E-state index in [4.69, 9.17) is 27.9 Å². The van der Waals surface area contributed by atoms with Crippen LogP contribution in [0.4, 0.5) is 5.69 Å². The number of rotatable bonds is 6. The molecule has 0 bridgehead atoms. The molecule has 0 aliphatic heterocycles. The molecule has 0 aliphatic rings. The van der Waals surface area contributed by atoms with Crippen LogP contribution in [0.1, 0.15) is 27.6 Å². The number of benzene rings is 3. The Morgan fingerprint density at radius 1 is 0.857 bits per heavy atom. The van der Waals surface area contributed by atoms with Crippen molar-refractivity contribution in [3.8, 4) is 5.75 Å². The molecule has 1 atom stereocenters. The summed E-state index contributed by atoms with van der Waals surface area (Å²) in [5.41, 5.74) is 1.59. The van der Waals surface area contributed by atoms with Crippen LogP contribution in [0.25, 0.3) is 0 Å². The van der Waals surface area contributed by atoms with Crippen LogP contribution in [0.3, 0.4) is 0 Å². The zero-order valence-electron chi connectivity index (χ0n) is 15.0. The van der Waals surface area contributed by atoms with Gasteiger partial charge in [-0.05, 0) is 49.4 Å². The van der Waals surface area contributed by atoms with E-state index in [0.29, 0.717) is 32.6 Å². The van der Waals surface area contributed by atoms with Crippen LogP contribution in [0.15, 0.2) is 72.8 Å². The molecule has 0 aliphatic carbocycles. The third-order valence-electron chi connectivity index (χ3n) is 4.03. The Labute approximate surface area is 173 Å². The highest BCUT2D eigenvalue weighted by Crippen LogP contribution is 2.24. The van der Waals surface area contributed by atoms with Crippen molar-refractivity contribution in [2.45, 2.75) is 13.0 Å². The van der Waals surface area contributed by atoms with Gasteiger partial charge in [-0.2, -0.15) is 0 Å². The van der Waals surface area contributed by atoms with Crippen LogP contribution in [0, 0.1) is 0 Å². The lowest BCUT2D eigenvalue weighted by molar-refractivity contribution is 0.0818. The lowest BCUT2D eigenvalue weighted by atomic mass is 10.1. The van der Waals surface area contributed by atoms with E-state index in [0.717, 1.165) is 0 Å². The molecule has 28 heavy (non-hydrogen) atoms. The molecule has 6 heteroatoms. The number of amides is 1. The van der Waals surface area contributed by atoms with Crippen LogP contribution in [0.5, 0.6) is 5.75 Å². The van der Waals surface area contributed by atoms with Gasteiger partial charge < -0.3 is 10.1 Å². The largest absolute Gasteiger partial charge is 0.483 e. The smallest absolute Gasteiger partial charge is 0.255 e. The number of hydrogen-bond acceptors (Lipinski definition) is 3. The summed E-state index contributed by atoms with van der Waals surface area (Å²) in [4.78, 5) is 24.7. The Kier molecular flexibility index (Phi) is 6.34. The zero-order chi connectivity index (χ0) is 20.1. The van der Waals surface area contributed by atoms with Crippen LogP contribution in [0.2, 0.25) is 10.0 Å². The summed E-state index contributed by atoms with van der Waals surface area (Å²) in [6.07, 6.45) is -0.626. The van der Waals surface area contributed by atoms with E-state index >= 15 is 0 Å². The molecule has 1 N–H and O–H groups in total. The number of carbonyl (C=O) groups excluding carboxylic acids is 2. The second kappa shape index (κ2) is 8.91. The zero-order valence-corrected chi connectivity index (χ0v) is 16.5. The third kappa shape index (κ3) is 4.91. The molecule has 0 unspecified atom stereocenters. The Morgan fingerprint density at radius 2 is 1.54 bits per heavy atom. The summed E-state index contributed by atoms with van der Waals surface area (Å²) in [6, 6.07) is 20.4. The minimum absolute atomic E-state index is 0.0994. The molecule has 1 amide bonds. The van der Waals surface area contributed by atoms with Gasteiger partial charge in [0.15, 0.2) is 6.10 Å². The van der Waals surface area contributed by atoms with E-state index in [1.165, 1.54) is 6.07 Å². The number of nitrogens with one attached hydrogen (secondary N) is 1. The van der Waals surface area contributed by atoms with Gasteiger partial charge in [-0.25, -0.2) is 0 Å². The first kappa shape index (κ1) is 19.9. The minimum Gasteiger partial charge on any atom is -0.483 e. The van der Waals surface area contributed by atoms with Gasteiger partial charge in [-0.15, -0.1) is 0 Å². The third-order valence-corrected chi connectivity index (χ3v) is 4.77. The molecular formula is C22H17Cl2NO3. The fraction of sp³-hybridized carbons (Fsp3) is 0.0909. The summed E-state index contributed by atoms with van der Waals surface area (Å²) in [6.45, 7) is 1.70. The summed E-state index contributed by atoms with van der Waals surface area (Å²) in [7, 11) is 0. The highest BCUT2D eigenvalue weighted by molar-refractivity contribution is 6.42. The molecule has 0 saturated heterocycles. The quantitative estimate of drug-likeness (QED) is 0.512. The van der Waals surface area contributed by atoms with Gasteiger partial charge in [0.1, 0.15) is 5.75 Å². The second-order valence-electron chi connectivity index (χ2n) is 6.10. The first-order chi connectivity index (χ1) is 13.4. The Hall–Kier alpha value is -2.82. The first-order valence-electron chi connectivity index (χ1n) is 8.56. The monoisotopic (exact) mass is 413 g/mol. The van der Waals surface area contributed by atoms with E-state index in [-0.39, 0.29) is 11.7 Å². The lowest BCUT2D eigenvalue weighted by Gasteiger charge is -2.14. The van der Waals surface area contributed by atoms with Crippen molar-refractivity contribution >= 4 is 40.6 Å². The molecule has 0 radical (unpaired) electrons. The maximum atomic E-state index is 12.4. The maximum Gasteiger partial charge on any atom is 0.255 e. The second-order valence-corrected chi connectivity index (χ2v) is 6.91. The Balaban J connectivity index is 1.62. The number of carbonyl (C=O) groups is 2. The highest BCUT2D eigenvalue weighted by atomic mass is 35.5. The predicted octanol–water partition coefficient (Wildman–Crippen LogP) is 5.90. The van der Waals surface area contributed by atoms with Crippen molar-refractivity contribution in [2.75, 3.05) is 5.32 Å². The van der Waals surface area contributed by atoms with Crippen molar-refractivity contribution < 1.29 is 14.3 Å². The van der Waals surface area contributed by atoms with Gasteiger partial charge in [0.25, 0.3) is 5.91 Å². The Morgan fingerprint density at radius 3 is 2.18 bits per heavy atom. The number of ketones is 1.